The van der Waals surface area contributed by atoms with Crippen LogP contribution in [-0.4, -0.2) is 17.0 Å². The maximum absolute atomic E-state index is 13.0. The van der Waals surface area contributed by atoms with Gasteiger partial charge in [0.05, 0.1) is 17.4 Å². The van der Waals surface area contributed by atoms with Crippen molar-refractivity contribution < 1.29 is 14.7 Å². The normalized spacial score (nSPS) is 30.7. The molecule has 1 saturated carbocycles. The molecule has 6 heteroatoms. The molecular formula is C22H26N2O3S. The summed E-state index contributed by atoms with van der Waals surface area (Å²) in [6.45, 7) is 6.75. The molecule has 1 fully saturated rings. The summed E-state index contributed by atoms with van der Waals surface area (Å²) < 4.78 is 0. The Morgan fingerprint density at radius 1 is 1.25 bits per heavy atom. The molecule has 0 aliphatic heterocycles. The molecule has 3 aliphatic rings. The number of nitrogens with one attached hydrogen (secondary N) is 1. The number of hydrogen-bond donors (Lipinski definition) is 2. The maximum atomic E-state index is 13.0. The van der Waals surface area contributed by atoms with Crippen molar-refractivity contribution in [3.05, 3.63) is 28.2 Å². The second-order valence-corrected chi connectivity index (χ2v) is 10.6. The summed E-state index contributed by atoms with van der Waals surface area (Å²) in [6.07, 6.45) is 7.49. The van der Waals surface area contributed by atoms with Crippen molar-refractivity contribution in [1.29, 1.82) is 5.26 Å². The van der Waals surface area contributed by atoms with Crippen molar-refractivity contribution in [1.82, 2.24) is 0 Å². The lowest BCUT2D eigenvalue weighted by atomic mass is 9.72. The van der Waals surface area contributed by atoms with Gasteiger partial charge in [-0.2, -0.15) is 5.26 Å². The highest BCUT2D eigenvalue weighted by atomic mass is 32.1. The number of aliphatic carboxylic acids is 1. The lowest BCUT2D eigenvalue weighted by Crippen LogP contribution is -2.36. The number of amides is 1. The molecular weight excluding hydrogens is 372 g/mol. The molecule has 1 aromatic heterocycles. The van der Waals surface area contributed by atoms with E-state index >= 15 is 0 Å². The zero-order valence-electron chi connectivity index (χ0n) is 16.5. The minimum atomic E-state index is -0.906. The first kappa shape index (κ1) is 19.2. The Bertz CT molecular complexity index is 902. The quantitative estimate of drug-likeness (QED) is 0.746. The zero-order valence-corrected chi connectivity index (χ0v) is 17.3. The van der Waals surface area contributed by atoms with Crippen molar-refractivity contribution in [3.63, 3.8) is 0 Å². The van der Waals surface area contributed by atoms with Gasteiger partial charge in [-0.15, -0.1) is 11.3 Å². The van der Waals surface area contributed by atoms with E-state index in [1.807, 2.05) is 12.2 Å². The predicted octanol–water partition coefficient (Wildman–Crippen LogP) is 4.23. The van der Waals surface area contributed by atoms with Gasteiger partial charge in [0.15, 0.2) is 0 Å². The third kappa shape index (κ3) is 3.06. The van der Waals surface area contributed by atoms with E-state index in [-0.39, 0.29) is 23.2 Å². The molecule has 0 saturated heterocycles. The standard InChI is InChI=1S/C22H26N2O3S/c1-22(2,3)13-6-7-14-15(10-23)20(28-16(14)9-13)24-19(25)17-11-4-5-12(8-11)18(17)21(26)27/h4-5,11-13,17-18H,6-9H2,1-3H3,(H,24,25)(H,26,27)/t11-,12-,13+,17+,18-/m0/s1. The largest absolute Gasteiger partial charge is 0.481 e. The highest BCUT2D eigenvalue weighted by Gasteiger charge is 2.51. The molecule has 1 aromatic rings. The molecule has 1 heterocycles. The van der Waals surface area contributed by atoms with Crippen molar-refractivity contribution in [3.8, 4) is 6.07 Å². The second kappa shape index (κ2) is 6.73. The van der Waals surface area contributed by atoms with E-state index in [4.69, 9.17) is 0 Å². The maximum Gasteiger partial charge on any atom is 0.307 e. The van der Waals surface area contributed by atoms with Gasteiger partial charge < -0.3 is 10.4 Å². The molecule has 3 aliphatic carbocycles. The van der Waals surface area contributed by atoms with E-state index in [1.54, 1.807) is 0 Å². The fraction of sp³-hybridized carbons (Fsp3) is 0.591. The van der Waals surface area contributed by atoms with Gasteiger partial charge in [-0.05, 0) is 54.4 Å². The molecule has 4 rings (SSSR count). The molecule has 0 spiro atoms. The molecule has 1 amide bonds. The fourth-order valence-corrected chi connectivity index (χ4v) is 6.52. The summed E-state index contributed by atoms with van der Waals surface area (Å²) in [4.78, 5) is 25.9. The molecule has 2 bridgehead atoms. The van der Waals surface area contributed by atoms with Crippen molar-refractivity contribution in [2.45, 2.75) is 46.5 Å². The first-order chi connectivity index (χ1) is 13.2. The first-order valence-electron chi connectivity index (χ1n) is 9.97. The van der Waals surface area contributed by atoms with Crippen LogP contribution in [0.3, 0.4) is 0 Å². The van der Waals surface area contributed by atoms with E-state index < -0.39 is 17.8 Å². The molecule has 5 nitrogen and oxygen atoms in total. The summed E-state index contributed by atoms with van der Waals surface area (Å²) in [5, 5.41) is 22.9. The van der Waals surface area contributed by atoms with Gasteiger partial charge in [-0.1, -0.05) is 32.9 Å². The topological polar surface area (TPSA) is 90.2 Å². The van der Waals surface area contributed by atoms with Crippen molar-refractivity contribution in [2.24, 2.45) is 35.0 Å². The molecule has 2 N–H and O–H groups in total. The van der Waals surface area contributed by atoms with Crippen LogP contribution < -0.4 is 5.32 Å². The number of carbonyl (C=O) groups excluding carboxylic acids is 1. The van der Waals surface area contributed by atoms with Gasteiger partial charge in [-0.25, -0.2) is 0 Å². The van der Waals surface area contributed by atoms with Crippen LogP contribution in [0.2, 0.25) is 0 Å². The van der Waals surface area contributed by atoms with Crippen LogP contribution in [0.4, 0.5) is 5.00 Å². The summed E-state index contributed by atoms with van der Waals surface area (Å²) in [5.41, 5.74) is 1.86. The van der Waals surface area contributed by atoms with Crippen LogP contribution in [-0.2, 0) is 22.4 Å². The monoisotopic (exact) mass is 398 g/mol. The van der Waals surface area contributed by atoms with Gasteiger partial charge in [-0.3, -0.25) is 9.59 Å². The van der Waals surface area contributed by atoms with Crippen LogP contribution in [0.1, 0.15) is 49.6 Å². The van der Waals surface area contributed by atoms with E-state index in [0.29, 0.717) is 16.5 Å². The number of nitriles is 1. The number of fused-ring (bicyclic) bond motifs is 3. The lowest BCUT2D eigenvalue weighted by molar-refractivity contribution is -0.146. The number of allylic oxidation sites excluding steroid dienone is 2. The third-order valence-electron chi connectivity index (χ3n) is 6.89. The van der Waals surface area contributed by atoms with Crippen LogP contribution in [0, 0.1) is 46.3 Å². The van der Waals surface area contributed by atoms with Gasteiger partial charge in [0, 0.05) is 4.88 Å². The highest BCUT2D eigenvalue weighted by molar-refractivity contribution is 7.16. The van der Waals surface area contributed by atoms with E-state index in [0.717, 1.165) is 31.2 Å². The number of carbonyl (C=O) groups is 2. The van der Waals surface area contributed by atoms with E-state index in [9.17, 15) is 20.0 Å². The predicted molar refractivity (Wildman–Crippen MR) is 108 cm³/mol. The highest BCUT2D eigenvalue weighted by Crippen LogP contribution is 2.49. The zero-order chi connectivity index (χ0) is 20.2. The van der Waals surface area contributed by atoms with Crippen LogP contribution in [0.5, 0.6) is 0 Å². The molecule has 0 radical (unpaired) electrons. The Hall–Kier alpha value is -2.13. The van der Waals surface area contributed by atoms with Crippen LogP contribution in [0.25, 0.3) is 0 Å². The number of rotatable bonds is 3. The average Bonchev–Trinajstić information content (AvgIpc) is 3.31. The van der Waals surface area contributed by atoms with Gasteiger partial charge in [0.25, 0.3) is 0 Å². The number of hydrogen-bond acceptors (Lipinski definition) is 4. The number of anilines is 1. The van der Waals surface area contributed by atoms with Crippen LogP contribution in [0.15, 0.2) is 12.2 Å². The summed E-state index contributed by atoms with van der Waals surface area (Å²) >= 11 is 1.50. The minimum Gasteiger partial charge on any atom is -0.481 e. The molecule has 0 unspecified atom stereocenters. The van der Waals surface area contributed by atoms with Crippen molar-refractivity contribution >= 4 is 28.2 Å². The minimum absolute atomic E-state index is 0.0171. The van der Waals surface area contributed by atoms with Gasteiger partial charge in [0.1, 0.15) is 11.1 Å². The second-order valence-electron chi connectivity index (χ2n) is 9.45. The number of nitrogens with zero attached hydrogens (tertiary/aromatic N) is 1. The van der Waals surface area contributed by atoms with E-state index in [2.05, 4.69) is 32.2 Å². The molecule has 0 aromatic carbocycles. The number of thiophene rings is 1. The Labute approximate surface area is 169 Å². The van der Waals surface area contributed by atoms with Crippen molar-refractivity contribution in [2.75, 3.05) is 5.32 Å². The third-order valence-corrected chi connectivity index (χ3v) is 8.06. The molecule has 148 valence electrons. The Kier molecular flexibility index (Phi) is 4.62. The summed E-state index contributed by atoms with van der Waals surface area (Å²) in [6, 6.07) is 2.29. The van der Waals surface area contributed by atoms with Gasteiger partial charge in [0.2, 0.25) is 5.91 Å². The first-order valence-corrected chi connectivity index (χ1v) is 10.8. The SMILES string of the molecule is CC(C)(C)[C@@H]1CCc2c(sc(NC(=O)[C@H]3[C@@H](C(=O)O)[C@H]4C=C[C@H]3C4)c2C#N)C1. The summed E-state index contributed by atoms with van der Waals surface area (Å²) in [5.74, 6) is -1.90. The lowest BCUT2D eigenvalue weighted by Gasteiger charge is -2.33. The Morgan fingerprint density at radius 2 is 1.93 bits per heavy atom. The number of carboxylic acid groups (broad SMARTS) is 1. The average molecular weight is 399 g/mol. The summed E-state index contributed by atoms with van der Waals surface area (Å²) in [7, 11) is 0. The van der Waals surface area contributed by atoms with E-state index in [1.165, 1.54) is 16.2 Å². The van der Waals surface area contributed by atoms with Gasteiger partial charge >= 0.3 is 5.97 Å². The fourth-order valence-electron chi connectivity index (χ4n) is 5.24. The molecule has 5 atom stereocenters. The molecule has 28 heavy (non-hydrogen) atoms. The smallest absolute Gasteiger partial charge is 0.307 e. The number of carboxylic acids is 1. The Balaban J connectivity index is 1.59. The Morgan fingerprint density at radius 3 is 2.54 bits per heavy atom. The van der Waals surface area contributed by atoms with Crippen LogP contribution >= 0.6 is 11.3 Å².